The highest BCUT2D eigenvalue weighted by Gasteiger charge is 2.22. The van der Waals surface area contributed by atoms with Gasteiger partial charge < -0.3 is 10.5 Å². The number of nitrogens with one attached hydrogen (secondary N) is 1. The number of carbonyl (C=O) groups is 1. The average Bonchev–Trinajstić information content (AvgIpc) is 3.58. The van der Waals surface area contributed by atoms with Gasteiger partial charge in [-0.15, -0.1) is 0 Å². The van der Waals surface area contributed by atoms with Crippen LogP contribution in [0.5, 0.6) is 0 Å². The first-order valence-corrected chi connectivity index (χ1v) is 12.1. The third kappa shape index (κ3) is 5.18. The van der Waals surface area contributed by atoms with Gasteiger partial charge in [-0.2, -0.15) is 5.10 Å². The van der Waals surface area contributed by atoms with Crippen molar-refractivity contribution in [3.05, 3.63) is 78.4 Å². The van der Waals surface area contributed by atoms with E-state index in [1.54, 1.807) is 12.3 Å². The Morgan fingerprint density at radius 3 is 2.63 bits per heavy atom. The number of ether oxygens (including phenoxy) is 1. The number of rotatable bonds is 9. The van der Waals surface area contributed by atoms with E-state index in [1.165, 1.54) is 0 Å². The molecule has 1 fully saturated rings. The number of carbonyl (C=O) groups excluding carboxylic acids is 1. The number of amides is 1. The molecule has 8 nitrogen and oxygen atoms in total. The molecule has 5 rings (SSSR count). The lowest BCUT2D eigenvalue weighted by Gasteiger charge is -2.26. The molecule has 180 valence electrons. The highest BCUT2D eigenvalue weighted by molar-refractivity contribution is 6.03. The Hall–Kier alpha value is -3.75. The Kier molecular flexibility index (Phi) is 7.02. The summed E-state index contributed by atoms with van der Waals surface area (Å²) in [6, 6.07) is 15.6. The number of hydrogen-bond donors (Lipinski definition) is 2. The van der Waals surface area contributed by atoms with E-state index < -0.39 is 5.91 Å². The van der Waals surface area contributed by atoms with Crippen LogP contribution in [0.3, 0.4) is 0 Å². The Labute approximate surface area is 204 Å². The molecule has 0 unspecified atom stereocenters. The van der Waals surface area contributed by atoms with Crippen LogP contribution < -0.4 is 5.73 Å². The normalized spacial score (nSPS) is 14.3. The van der Waals surface area contributed by atoms with E-state index >= 15 is 0 Å². The van der Waals surface area contributed by atoms with E-state index in [0.717, 1.165) is 74.6 Å². The Morgan fingerprint density at radius 2 is 1.89 bits per heavy atom. The van der Waals surface area contributed by atoms with Crippen molar-refractivity contribution in [2.75, 3.05) is 32.8 Å². The van der Waals surface area contributed by atoms with Gasteiger partial charge in [-0.1, -0.05) is 30.3 Å². The van der Waals surface area contributed by atoms with E-state index in [1.807, 2.05) is 48.7 Å². The average molecular weight is 471 g/mol. The highest BCUT2D eigenvalue weighted by Crippen LogP contribution is 2.35. The number of morpholine rings is 1. The molecular formula is C27H30N6O2. The summed E-state index contributed by atoms with van der Waals surface area (Å²) in [6.45, 7) is 4.73. The lowest BCUT2D eigenvalue weighted by atomic mass is 9.96. The maximum absolute atomic E-state index is 12.5. The molecule has 2 aromatic carbocycles. The number of hydrogen-bond acceptors (Lipinski definition) is 5. The fourth-order valence-electron chi connectivity index (χ4n) is 4.61. The van der Waals surface area contributed by atoms with Gasteiger partial charge in [0.25, 0.3) is 0 Å². The molecular weight excluding hydrogens is 440 g/mol. The minimum absolute atomic E-state index is 0.436. The summed E-state index contributed by atoms with van der Waals surface area (Å²) in [5, 5.41) is 6.97. The molecule has 2 aromatic heterocycles. The second-order valence-electron chi connectivity index (χ2n) is 8.75. The molecule has 0 aliphatic carbocycles. The van der Waals surface area contributed by atoms with Gasteiger partial charge in [-0.3, -0.25) is 19.4 Å². The van der Waals surface area contributed by atoms with Crippen molar-refractivity contribution in [1.82, 2.24) is 24.6 Å². The van der Waals surface area contributed by atoms with E-state index in [0.29, 0.717) is 17.0 Å². The summed E-state index contributed by atoms with van der Waals surface area (Å²) >= 11 is 0. The van der Waals surface area contributed by atoms with Gasteiger partial charge in [-0.25, -0.2) is 4.98 Å². The van der Waals surface area contributed by atoms with Crippen LogP contribution in [0.2, 0.25) is 0 Å². The summed E-state index contributed by atoms with van der Waals surface area (Å²) in [5.41, 5.74) is 10.7. The maximum Gasteiger partial charge on any atom is 0.249 e. The molecule has 35 heavy (non-hydrogen) atoms. The lowest BCUT2D eigenvalue weighted by Crippen LogP contribution is -2.36. The summed E-state index contributed by atoms with van der Waals surface area (Å²) < 4.78 is 7.50. The van der Waals surface area contributed by atoms with Crippen LogP contribution in [0.4, 0.5) is 0 Å². The quantitative estimate of drug-likeness (QED) is 0.363. The Balaban J connectivity index is 1.50. The zero-order valence-electron chi connectivity index (χ0n) is 19.7. The van der Waals surface area contributed by atoms with Gasteiger partial charge in [0, 0.05) is 42.3 Å². The predicted octanol–water partition coefficient (Wildman–Crippen LogP) is 3.68. The van der Waals surface area contributed by atoms with Crippen molar-refractivity contribution < 1.29 is 9.53 Å². The third-order valence-electron chi connectivity index (χ3n) is 6.41. The zero-order valence-corrected chi connectivity index (χ0v) is 19.7. The van der Waals surface area contributed by atoms with E-state index in [2.05, 4.69) is 25.9 Å². The van der Waals surface area contributed by atoms with Crippen LogP contribution in [0.15, 0.2) is 67.1 Å². The van der Waals surface area contributed by atoms with Crippen molar-refractivity contribution in [1.29, 1.82) is 0 Å². The molecule has 0 radical (unpaired) electrons. The smallest absolute Gasteiger partial charge is 0.249 e. The molecule has 1 aliphatic heterocycles. The van der Waals surface area contributed by atoms with Crippen LogP contribution in [-0.4, -0.2) is 63.4 Å². The molecule has 3 heterocycles. The number of nitrogens with zero attached hydrogens (tertiary/aromatic N) is 4. The van der Waals surface area contributed by atoms with Crippen molar-refractivity contribution in [3.63, 3.8) is 0 Å². The minimum atomic E-state index is -0.486. The highest BCUT2D eigenvalue weighted by atomic mass is 16.5. The summed E-state index contributed by atoms with van der Waals surface area (Å²) in [5.74, 6) is 0.213. The van der Waals surface area contributed by atoms with E-state index in [9.17, 15) is 4.79 Å². The monoisotopic (exact) mass is 470 g/mol. The van der Waals surface area contributed by atoms with Gasteiger partial charge in [0.2, 0.25) is 5.91 Å². The fraction of sp³-hybridized carbons (Fsp3) is 0.296. The molecule has 1 saturated heterocycles. The van der Waals surface area contributed by atoms with Crippen LogP contribution >= 0.6 is 0 Å². The molecule has 1 aliphatic rings. The second kappa shape index (κ2) is 10.7. The number of imidazole rings is 1. The second-order valence-corrected chi connectivity index (χ2v) is 8.75. The molecule has 3 N–H and O–H groups in total. The van der Waals surface area contributed by atoms with Crippen molar-refractivity contribution in [3.8, 4) is 28.2 Å². The number of H-pyrrole nitrogens is 1. The van der Waals surface area contributed by atoms with Gasteiger partial charge in [-0.05, 0) is 49.6 Å². The standard InChI is InChI=1S/C27H30N6O2/c28-26(34)24-11-6-10-23(20-17-29-30-18-20)25(24)27-31-21(19-33(27)22-8-2-1-3-9-22)7-4-5-12-32-13-15-35-16-14-32/h1-3,6,8-11,17-19H,4-5,7,12-16H2,(H2,28,34)(H,29,30). The lowest BCUT2D eigenvalue weighted by molar-refractivity contribution is 0.0372. The molecule has 0 spiro atoms. The largest absolute Gasteiger partial charge is 0.379 e. The number of primary amides is 1. The third-order valence-corrected chi connectivity index (χ3v) is 6.41. The Morgan fingerprint density at radius 1 is 1.06 bits per heavy atom. The van der Waals surface area contributed by atoms with Gasteiger partial charge in [0.15, 0.2) is 0 Å². The summed E-state index contributed by atoms with van der Waals surface area (Å²) in [6.07, 6.45) is 8.63. The molecule has 0 atom stereocenters. The first kappa shape index (κ1) is 23.0. The molecule has 8 heteroatoms. The number of benzene rings is 2. The first-order chi connectivity index (χ1) is 17.2. The number of para-hydroxylation sites is 1. The summed E-state index contributed by atoms with van der Waals surface area (Å²) in [4.78, 5) is 20.0. The maximum atomic E-state index is 12.5. The molecule has 1 amide bonds. The van der Waals surface area contributed by atoms with Crippen molar-refractivity contribution in [2.45, 2.75) is 19.3 Å². The van der Waals surface area contributed by atoms with E-state index in [4.69, 9.17) is 15.5 Å². The van der Waals surface area contributed by atoms with Gasteiger partial charge >= 0.3 is 0 Å². The van der Waals surface area contributed by atoms with Crippen LogP contribution in [0.1, 0.15) is 28.9 Å². The van der Waals surface area contributed by atoms with Crippen LogP contribution in [-0.2, 0) is 11.2 Å². The van der Waals surface area contributed by atoms with Gasteiger partial charge in [0.1, 0.15) is 5.82 Å². The summed E-state index contributed by atoms with van der Waals surface area (Å²) in [7, 11) is 0. The van der Waals surface area contributed by atoms with Crippen molar-refractivity contribution >= 4 is 5.91 Å². The van der Waals surface area contributed by atoms with Crippen LogP contribution in [0.25, 0.3) is 28.2 Å². The number of aryl methyl sites for hydroxylation is 1. The predicted molar refractivity (Wildman–Crippen MR) is 135 cm³/mol. The fourth-order valence-corrected chi connectivity index (χ4v) is 4.61. The van der Waals surface area contributed by atoms with Crippen LogP contribution in [0, 0.1) is 0 Å². The Bertz CT molecular complexity index is 1260. The van der Waals surface area contributed by atoms with E-state index in [-0.39, 0.29) is 0 Å². The molecule has 4 aromatic rings. The molecule has 0 bridgehead atoms. The molecule has 0 saturated carbocycles. The first-order valence-electron chi connectivity index (χ1n) is 12.1. The number of nitrogens with two attached hydrogens (primary N) is 1. The van der Waals surface area contributed by atoms with Gasteiger partial charge in [0.05, 0.1) is 30.7 Å². The van der Waals surface area contributed by atoms with Crippen molar-refractivity contribution in [2.24, 2.45) is 5.73 Å². The topological polar surface area (TPSA) is 102 Å². The number of aromatic amines is 1. The number of unbranched alkanes of at least 4 members (excludes halogenated alkanes) is 1. The SMILES string of the molecule is NC(=O)c1cccc(-c2cn[nH]c2)c1-c1nc(CCCCN2CCOCC2)cn1-c1ccccc1. The number of aromatic nitrogens is 4. The minimum Gasteiger partial charge on any atom is -0.379 e. The zero-order chi connectivity index (χ0) is 24.0.